The Labute approximate surface area is 179 Å². The van der Waals surface area contributed by atoms with Gasteiger partial charge in [0.25, 0.3) is 5.91 Å². The third kappa shape index (κ3) is 4.79. The quantitative estimate of drug-likeness (QED) is 0.680. The Kier molecular flexibility index (Phi) is 6.72. The van der Waals surface area contributed by atoms with Gasteiger partial charge in [0.2, 0.25) is 10.0 Å². The minimum absolute atomic E-state index is 0.0254. The molecule has 0 bridgehead atoms. The van der Waals surface area contributed by atoms with Gasteiger partial charge in [-0.1, -0.05) is 23.7 Å². The first-order valence-corrected chi connectivity index (χ1v) is 10.9. The van der Waals surface area contributed by atoms with E-state index in [2.05, 4.69) is 5.32 Å². The highest BCUT2D eigenvalue weighted by atomic mass is 35.5. The van der Waals surface area contributed by atoms with E-state index in [1.54, 1.807) is 24.3 Å². The molecule has 1 aliphatic heterocycles. The zero-order chi connectivity index (χ0) is 21.7. The Morgan fingerprint density at radius 2 is 1.90 bits per heavy atom. The number of sulfonamides is 1. The van der Waals surface area contributed by atoms with E-state index >= 15 is 0 Å². The summed E-state index contributed by atoms with van der Waals surface area (Å²) in [5, 5.41) is 11.9. The number of esters is 1. The Bertz CT molecular complexity index is 1100. The normalized spacial score (nSPS) is 16.6. The monoisotopic (exact) mass is 447 g/mol. The first kappa shape index (κ1) is 21.8. The molecule has 1 fully saturated rings. The van der Waals surface area contributed by atoms with E-state index in [1.165, 1.54) is 24.3 Å². The van der Waals surface area contributed by atoms with Crippen LogP contribution in [0.15, 0.2) is 53.4 Å². The van der Waals surface area contributed by atoms with Crippen molar-refractivity contribution in [3.8, 4) is 6.07 Å². The summed E-state index contributed by atoms with van der Waals surface area (Å²) in [6.07, 6.45) is 0.791. The van der Waals surface area contributed by atoms with Gasteiger partial charge in [0.05, 0.1) is 16.1 Å². The summed E-state index contributed by atoms with van der Waals surface area (Å²) in [5.74, 6) is -1.43. The molecule has 156 valence electrons. The first-order chi connectivity index (χ1) is 14.3. The Hall–Kier alpha value is -2.93. The molecular formula is C20H18ClN3O5S. The van der Waals surface area contributed by atoms with Crippen LogP contribution in [-0.2, 0) is 24.3 Å². The standard InChI is InChI=1S/C20H18ClN3O5S/c21-15-7-9-16(10-8-15)30(27,28)24-11-3-6-18(24)20(26)29-13-19(25)23-17-5-2-1-4-14(17)12-22/h1-2,4-5,7-10,18H,3,6,11,13H2,(H,23,25)/t18-/m1/s1. The third-order valence-corrected chi connectivity index (χ3v) is 6.74. The number of nitrogens with one attached hydrogen (secondary N) is 1. The average Bonchev–Trinajstić information content (AvgIpc) is 3.24. The van der Waals surface area contributed by atoms with Gasteiger partial charge in [-0.05, 0) is 49.2 Å². The molecule has 0 saturated carbocycles. The molecule has 3 rings (SSSR count). The minimum Gasteiger partial charge on any atom is -0.454 e. The molecule has 0 radical (unpaired) electrons. The molecular weight excluding hydrogens is 430 g/mol. The summed E-state index contributed by atoms with van der Waals surface area (Å²) >= 11 is 5.81. The second-order valence-corrected chi connectivity index (χ2v) is 8.87. The molecule has 1 aliphatic rings. The van der Waals surface area contributed by atoms with Crippen molar-refractivity contribution in [2.75, 3.05) is 18.5 Å². The summed E-state index contributed by atoms with van der Waals surface area (Å²) in [7, 11) is -3.91. The lowest BCUT2D eigenvalue weighted by Gasteiger charge is -2.22. The van der Waals surface area contributed by atoms with Crippen molar-refractivity contribution in [2.45, 2.75) is 23.8 Å². The van der Waals surface area contributed by atoms with Crippen LogP contribution in [0.1, 0.15) is 18.4 Å². The van der Waals surface area contributed by atoms with E-state index in [1.807, 2.05) is 6.07 Å². The minimum atomic E-state index is -3.91. The van der Waals surface area contributed by atoms with Crippen LogP contribution < -0.4 is 5.32 Å². The highest BCUT2D eigenvalue weighted by molar-refractivity contribution is 7.89. The molecule has 10 heteroatoms. The van der Waals surface area contributed by atoms with Crippen LogP contribution in [0.25, 0.3) is 0 Å². The molecule has 1 atom stereocenters. The maximum atomic E-state index is 12.9. The number of para-hydroxylation sites is 1. The number of amides is 1. The first-order valence-electron chi connectivity index (χ1n) is 9.06. The summed E-state index contributed by atoms with van der Waals surface area (Å²) in [6.45, 7) is -0.420. The second-order valence-electron chi connectivity index (χ2n) is 6.54. The highest BCUT2D eigenvalue weighted by Gasteiger charge is 2.40. The molecule has 2 aromatic rings. The van der Waals surface area contributed by atoms with E-state index in [4.69, 9.17) is 21.6 Å². The number of hydrogen-bond donors (Lipinski definition) is 1. The average molecular weight is 448 g/mol. The fraction of sp³-hybridized carbons (Fsp3) is 0.250. The fourth-order valence-electron chi connectivity index (χ4n) is 3.11. The van der Waals surface area contributed by atoms with Crippen molar-refractivity contribution in [2.24, 2.45) is 0 Å². The van der Waals surface area contributed by atoms with Gasteiger partial charge in [-0.15, -0.1) is 0 Å². The highest BCUT2D eigenvalue weighted by Crippen LogP contribution is 2.27. The summed E-state index contributed by atoms with van der Waals surface area (Å²) in [5.41, 5.74) is 0.571. The van der Waals surface area contributed by atoms with Crippen LogP contribution in [0.4, 0.5) is 5.69 Å². The predicted molar refractivity (Wildman–Crippen MR) is 109 cm³/mol. The number of halogens is 1. The van der Waals surface area contributed by atoms with E-state index in [0.717, 1.165) is 4.31 Å². The van der Waals surface area contributed by atoms with Crippen LogP contribution in [-0.4, -0.2) is 43.8 Å². The Morgan fingerprint density at radius 3 is 2.60 bits per heavy atom. The number of ether oxygens (including phenoxy) is 1. The molecule has 1 amide bonds. The Balaban J connectivity index is 1.64. The summed E-state index contributed by atoms with van der Waals surface area (Å²) in [4.78, 5) is 24.6. The number of carbonyl (C=O) groups is 2. The second kappa shape index (κ2) is 9.26. The molecule has 1 saturated heterocycles. The van der Waals surface area contributed by atoms with Gasteiger partial charge in [-0.3, -0.25) is 9.59 Å². The number of rotatable bonds is 6. The van der Waals surface area contributed by atoms with Gasteiger partial charge in [-0.25, -0.2) is 8.42 Å². The number of anilines is 1. The van der Waals surface area contributed by atoms with Crippen LogP contribution in [0, 0.1) is 11.3 Å². The van der Waals surface area contributed by atoms with Crippen LogP contribution in [0.5, 0.6) is 0 Å². The summed E-state index contributed by atoms with van der Waals surface area (Å²) < 4.78 is 31.9. The van der Waals surface area contributed by atoms with Gasteiger partial charge in [-0.2, -0.15) is 9.57 Å². The van der Waals surface area contributed by atoms with E-state index in [-0.39, 0.29) is 17.0 Å². The third-order valence-electron chi connectivity index (χ3n) is 4.56. The molecule has 0 aromatic heterocycles. The topological polar surface area (TPSA) is 117 Å². The number of hydrogen-bond acceptors (Lipinski definition) is 6. The number of benzene rings is 2. The van der Waals surface area contributed by atoms with E-state index in [0.29, 0.717) is 23.6 Å². The zero-order valence-corrected chi connectivity index (χ0v) is 17.3. The SMILES string of the molecule is N#Cc1ccccc1NC(=O)COC(=O)[C@H]1CCCN1S(=O)(=O)c1ccc(Cl)cc1. The van der Waals surface area contributed by atoms with Crippen LogP contribution >= 0.6 is 11.6 Å². The van der Waals surface area contributed by atoms with Crippen molar-refractivity contribution in [1.82, 2.24) is 4.31 Å². The van der Waals surface area contributed by atoms with Gasteiger partial charge < -0.3 is 10.1 Å². The summed E-state index contributed by atoms with van der Waals surface area (Å²) in [6, 6.07) is 13.0. The lowest BCUT2D eigenvalue weighted by molar-refractivity contribution is -0.150. The number of nitrogens with zero attached hydrogens (tertiary/aromatic N) is 2. The molecule has 1 N–H and O–H groups in total. The molecule has 30 heavy (non-hydrogen) atoms. The molecule has 8 nitrogen and oxygen atoms in total. The maximum Gasteiger partial charge on any atom is 0.324 e. The van der Waals surface area contributed by atoms with Crippen molar-refractivity contribution in [3.63, 3.8) is 0 Å². The molecule has 0 spiro atoms. The lowest BCUT2D eigenvalue weighted by Crippen LogP contribution is -2.42. The van der Waals surface area contributed by atoms with Gasteiger partial charge in [0.1, 0.15) is 12.1 Å². The predicted octanol–water partition coefficient (Wildman–Crippen LogP) is 2.55. The van der Waals surface area contributed by atoms with Crippen molar-refractivity contribution in [3.05, 3.63) is 59.1 Å². The zero-order valence-electron chi connectivity index (χ0n) is 15.7. The number of carbonyl (C=O) groups excluding carboxylic acids is 2. The van der Waals surface area contributed by atoms with Crippen molar-refractivity contribution in [1.29, 1.82) is 5.26 Å². The Morgan fingerprint density at radius 1 is 1.20 bits per heavy atom. The fourth-order valence-corrected chi connectivity index (χ4v) is 4.89. The van der Waals surface area contributed by atoms with Crippen LogP contribution in [0.2, 0.25) is 5.02 Å². The van der Waals surface area contributed by atoms with Gasteiger partial charge in [0.15, 0.2) is 6.61 Å². The number of nitriles is 1. The van der Waals surface area contributed by atoms with Gasteiger partial charge in [0, 0.05) is 11.6 Å². The molecule has 1 heterocycles. The van der Waals surface area contributed by atoms with Crippen molar-refractivity contribution < 1.29 is 22.7 Å². The smallest absolute Gasteiger partial charge is 0.324 e. The maximum absolute atomic E-state index is 12.9. The molecule has 0 unspecified atom stereocenters. The van der Waals surface area contributed by atoms with E-state index < -0.39 is 34.5 Å². The lowest BCUT2D eigenvalue weighted by atomic mass is 10.2. The largest absolute Gasteiger partial charge is 0.454 e. The van der Waals surface area contributed by atoms with E-state index in [9.17, 15) is 18.0 Å². The van der Waals surface area contributed by atoms with Crippen molar-refractivity contribution >= 4 is 39.2 Å². The van der Waals surface area contributed by atoms with Crippen LogP contribution in [0.3, 0.4) is 0 Å². The van der Waals surface area contributed by atoms with Gasteiger partial charge >= 0.3 is 5.97 Å². The molecule has 0 aliphatic carbocycles. The molecule has 2 aromatic carbocycles.